The van der Waals surface area contributed by atoms with Crippen LogP contribution < -0.4 is 4.90 Å². The van der Waals surface area contributed by atoms with Gasteiger partial charge in [-0.1, -0.05) is 127 Å². The van der Waals surface area contributed by atoms with Crippen LogP contribution in [-0.4, -0.2) is 4.98 Å². The van der Waals surface area contributed by atoms with E-state index in [1.165, 1.54) is 44.2 Å². The highest BCUT2D eigenvalue weighted by molar-refractivity contribution is 6.14. The molecule has 2 heterocycles. The molecule has 2 aromatic heterocycles. The molecule has 52 heavy (non-hydrogen) atoms. The minimum Gasteiger partial charge on any atom is -0.454 e. The molecular formula is C49H32N2O. The molecular weight excluding hydrogens is 633 g/mol. The summed E-state index contributed by atoms with van der Waals surface area (Å²) in [5.74, 6) is 0. The average Bonchev–Trinajstić information content (AvgIpc) is 3.61. The monoisotopic (exact) mass is 664 g/mol. The third-order valence-electron chi connectivity index (χ3n) is 10.1. The fourth-order valence-electron chi connectivity index (χ4n) is 7.61. The first-order valence-corrected chi connectivity index (χ1v) is 17.6. The molecule has 0 fully saturated rings. The van der Waals surface area contributed by atoms with Crippen LogP contribution in [0.3, 0.4) is 0 Å². The van der Waals surface area contributed by atoms with Gasteiger partial charge in [-0.2, -0.15) is 0 Å². The highest BCUT2D eigenvalue weighted by Gasteiger charge is 2.19. The SMILES string of the molecule is c1ccc(-c2ccc(N(c3ccc(-c4ccccc4)c(-c4cccc5ccccc45)c3)c3ccc4c(ccc5c6ncccc6oc45)c3)cc2)cc1. The summed E-state index contributed by atoms with van der Waals surface area (Å²) in [4.78, 5) is 6.97. The van der Waals surface area contributed by atoms with Crippen molar-refractivity contribution in [3.63, 3.8) is 0 Å². The summed E-state index contributed by atoms with van der Waals surface area (Å²) < 4.78 is 6.37. The molecule has 0 aliphatic rings. The first-order valence-electron chi connectivity index (χ1n) is 17.6. The molecule has 0 unspecified atom stereocenters. The molecule has 0 amide bonds. The third-order valence-corrected chi connectivity index (χ3v) is 10.1. The Kier molecular flexibility index (Phi) is 7.14. The van der Waals surface area contributed by atoms with E-state index in [2.05, 4.69) is 186 Å². The van der Waals surface area contributed by atoms with Crippen LogP contribution in [0.4, 0.5) is 17.1 Å². The summed E-state index contributed by atoms with van der Waals surface area (Å²) in [5.41, 5.74) is 12.9. The smallest absolute Gasteiger partial charge is 0.153 e. The zero-order valence-electron chi connectivity index (χ0n) is 28.3. The Balaban J connectivity index is 1.19. The van der Waals surface area contributed by atoms with E-state index >= 15 is 0 Å². The summed E-state index contributed by atoms with van der Waals surface area (Å²) in [5, 5.41) is 5.65. The molecule has 0 aliphatic heterocycles. The largest absolute Gasteiger partial charge is 0.454 e. The molecule has 3 heteroatoms. The standard InChI is InChI=1S/C49H32N2O/c1-3-11-33(12-4-1)34-20-23-38(24-21-34)51(39-26-29-43-37(31-39)22-27-45-48-47(52-49(43)45)19-10-30-50-48)40-25-28-42(35-13-5-2-6-14-35)46(32-40)44-18-9-16-36-15-7-8-17-41(36)44/h1-32H. The summed E-state index contributed by atoms with van der Waals surface area (Å²) >= 11 is 0. The van der Waals surface area contributed by atoms with Crippen molar-refractivity contribution in [1.82, 2.24) is 4.98 Å². The van der Waals surface area contributed by atoms with Crippen LogP contribution in [-0.2, 0) is 0 Å². The minimum atomic E-state index is 0.800. The lowest BCUT2D eigenvalue weighted by atomic mass is 9.90. The lowest BCUT2D eigenvalue weighted by molar-refractivity contribution is 0.672. The van der Waals surface area contributed by atoms with Crippen molar-refractivity contribution >= 4 is 60.7 Å². The number of rotatable bonds is 6. The molecule has 3 nitrogen and oxygen atoms in total. The Bertz CT molecular complexity index is 2890. The number of aromatic nitrogens is 1. The number of hydrogen-bond acceptors (Lipinski definition) is 3. The van der Waals surface area contributed by atoms with Crippen LogP contribution in [0, 0.1) is 0 Å². The predicted molar refractivity (Wildman–Crippen MR) is 218 cm³/mol. The zero-order chi connectivity index (χ0) is 34.4. The molecule has 0 spiro atoms. The first-order chi connectivity index (χ1) is 25.8. The van der Waals surface area contributed by atoms with Crippen molar-refractivity contribution < 1.29 is 4.42 Å². The van der Waals surface area contributed by atoms with Crippen LogP contribution in [0.5, 0.6) is 0 Å². The number of benzene rings is 8. The van der Waals surface area contributed by atoms with Crippen LogP contribution in [0.15, 0.2) is 199 Å². The Hall–Kier alpha value is -6.97. The summed E-state index contributed by atoms with van der Waals surface area (Å²) in [7, 11) is 0. The molecule has 0 saturated carbocycles. The van der Waals surface area contributed by atoms with Gasteiger partial charge in [0.15, 0.2) is 5.58 Å². The molecule has 0 saturated heterocycles. The molecule has 0 N–H and O–H groups in total. The highest BCUT2D eigenvalue weighted by Crippen LogP contribution is 2.44. The molecule has 0 atom stereocenters. The molecule has 0 aliphatic carbocycles. The molecule has 244 valence electrons. The second-order valence-corrected chi connectivity index (χ2v) is 13.2. The highest BCUT2D eigenvalue weighted by atomic mass is 16.3. The van der Waals surface area contributed by atoms with Crippen molar-refractivity contribution in [2.24, 2.45) is 0 Å². The van der Waals surface area contributed by atoms with Crippen molar-refractivity contribution in [2.75, 3.05) is 4.90 Å². The summed E-state index contributed by atoms with van der Waals surface area (Å²) in [6.45, 7) is 0. The van der Waals surface area contributed by atoms with E-state index in [9.17, 15) is 0 Å². The maximum absolute atomic E-state index is 6.37. The lowest BCUT2D eigenvalue weighted by Gasteiger charge is -2.27. The maximum atomic E-state index is 6.37. The first kappa shape index (κ1) is 29.9. The maximum Gasteiger partial charge on any atom is 0.153 e. The van der Waals surface area contributed by atoms with E-state index in [4.69, 9.17) is 4.42 Å². The molecule has 0 radical (unpaired) electrons. The van der Waals surface area contributed by atoms with E-state index < -0.39 is 0 Å². The normalized spacial score (nSPS) is 11.5. The molecule has 0 bridgehead atoms. The quantitative estimate of drug-likeness (QED) is 0.177. The van der Waals surface area contributed by atoms with Crippen LogP contribution >= 0.6 is 0 Å². The third kappa shape index (κ3) is 5.10. The summed E-state index contributed by atoms with van der Waals surface area (Å²) in [6.07, 6.45) is 1.82. The molecule has 10 aromatic rings. The van der Waals surface area contributed by atoms with Crippen LogP contribution in [0.1, 0.15) is 0 Å². The van der Waals surface area contributed by atoms with Gasteiger partial charge in [0.25, 0.3) is 0 Å². The Morgan fingerprint density at radius 1 is 0.385 bits per heavy atom. The van der Waals surface area contributed by atoms with Crippen molar-refractivity contribution in [3.05, 3.63) is 194 Å². The topological polar surface area (TPSA) is 29.3 Å². The van der Waals surface area contributed by atoms with E-state index in [0.29, 0.717) is 0 Å². The summed E-state index contributed by atoms with van der Waals surface area (Å²) in [6, 6.07) is 67.1. The van der Waals surface area contributed by atoms with Crippen molar-refractivity contribution in [2.45, 2.75) is 0 Å². The molecule has 10 rings (SSSR count). The van der Waals surface area contributed by atoms with E-state index in [0.717, 1.165) is 49.9 Å². The average molecular weight is 665 g/mol. The van der Waals surface area contributed by atoms with Crippen molar-refractivity contribution in [3.8, 4) is 33.4 Å². The number of nitrogens with zero attached hydrogens (tertiary/aromatic N) is 2. The number of pyridine rings is 1. The van der Waals surface area contributed by atoms with Gasteiger partial charge in [-0.15, -0.1) is 0 Å². The number of anilines is 3. The molecule has 8 aromatic carbocycles. The Morgan fingerprint density at radius 3 is 1.90 bits per heavy atom. The van der Waals surface area contributed by atoms with Gasteiger partial charge in [0.1, 0.15) is 11.1 Å². The Morgan fingerprint density at radius 2 is 1.06 bits per heavy atom. The van der Waals surface area contributed by atoms with Gasteiger partial charge in [0.05, 0.1) is 0 Å². The number of fused-ring (bicyclic) bond motifs is 6. The van der Waals surface area contributed by atoms with Gasteiger partial charge >= 0.3 is 0 Å². The predicted octanol–water partition coefficient (Wildman–Crippen LogP) is 13.8. The fourth-order valence-corrected chi connectivity index (χ4v) is 7.61. The van der Waals surface area contributed by atoms with E-state index in [1.54, 1.807) is 0 Å². The second kappa shape index (κ2) is 12.4. The van der Waals surface area contributed by atoms with Crippen LogP contribution in [0.2, 0.25) is 0 Å². The lowest BCUT2D eigenvalue weighted by Crippen LogP contribution is -2.10. The van der Waals surface area contributed by atoms with E-state index in [-0.39, 0.29) is 0 Å². The van der Waals surface area contributed by atoms with Gasteiger partial charge in [0.2, 0.25) is 0 Å². The zero-order valence-corrected chi connectivity index (χ0v) is 28.3. The van der Waals surface area contributed by atoms with Gasteiger partial charge in [-0.25, -0.2) is 0 Å². The fraction of sp³-hybridized carbons (Fsp3) is 0. The Labute approximate surface area is 301 Å². The number of furan rings is 1. The van der Waals surface area contributed by atoms with Crippen molar-refractivity contribution in [1.29, 1.82) is 0 Å². The number of hydrogen-bond donors (Lipinski definition) is 0. The van der Waals surface area contributed by atoms with Gasteiger partial charge in [-0.05, 0) is 110 Å². The van der Waals surface area contributed by atoms with Gasteiger partial charge in [0, 0.05) is 34.0 Å². The van der Waals surface area contributed by atoms with E-state index in [1.807, 2.05) is 18.3 Å². The van der Waals surface area contributed by atoms with Crippen LogP contribution in [0.25, 0.3) is 77.0 Å². The minimum absolute atomic E-state index is 0.800. The van der Waals surface area contributed by atoms with Gasteiger partial charge in [-0.3, -0.25) is 4.98 Å². The van der Waals surface area contributed by atoms with Gasteiger partial charge < -0.3 is 9.32 Å². The second-order valence-electron chi connectivity index (χ2n) is 13.2.